The summed E-state index contributed by atoms with van der Waals surface area (Å²) in [7, 11) is 1.30. The van der Waals surface area contributed by atoms with Crippen molar-refractivity contribution >= 4 is 34.2 Å². The van der Waals surface area contributed by atoms with Crippen LogP contribution in [0.4, 0.5) is 5.69 Å². The number of benzene rings is 3. The standard InChI is InChI=1S/C24H22N2O5/c1-30-24(29)17-7-4-8-19(11-17)26-23(28)20-12-15-5-2-3-6-16(15)13-21(20)31-14-22(27)25-18-9-10-18/h2-8,11-13,18H,9-10,14H2,1H3,(H,25,27)(H,26,28). The molecule has 0 radical (unpaired) electrons. The molecule has 4 rings (SSSR count). The van der Waals surface area contributed by atoms with Crippen LogP contribution in [0.1, 0.15) is 33.6 Å². The minimum atomic E-state index is -0.493. The molecule has 158 valence electrons. The molecule has 2 N–H and O–H groups in total. The lowest BCUT2D eigenvalue weighted by molar-refractivity contribution is -0.123. The van der Waals surface area contributed by atoms with Gasteiger partial charge >= 0.3 is 5.97 Å². The van der Waals surface area contributed by atoms with E-state index in [1.165, 1.54) is 13.2 Å². The lowest BCUT2D eigenvalue weighted by atomic mass is 10.0. The van der Waals surface area contributed by atoms with Gasteiger partial charge in [-0.1, -0.05) is 30.3 Å². The maximum absolute atomic E-state index is 13.1. The van der Waals surface area contributed by atoms with Crippen molar-refractivity contribution in [3.8, 4) is 5.75 Å². The zero-order chi connectivity index (χ0) is 21.8. The van der Waals surface area contributed by atoms with E-state index in [1.807, 2.05) is 24.3 Å². The van der Waals surface area contributed by atoms with Crippen molar-refractivity contribution in [2.45, 2.75) is 18.9 Å². The van der Waals surface area contributed by atoms with Crippen LogP contribution in [0, 0.1) is 0 Å². The lowest BCUT2D eigenvalue weighted by Crippen LogP contribution is -2.30. The molecule has 1 aliphatic rings. The zero-order valence-corrected chi connectivity index (χ0v) is 17.0. The molecule has 0 bridgehead atoms. The van der Waals surface area contributed by atoms with Gasteiger partial charge < -0.3 is 20.1 Å². The molecule has 0 saturated heterocycles. The highest BCUT2D eigenvalue weighted by molar-refractivity contribution is 6.09. The van der Waals surface area contributed by atoms with E-state index in [0.29, 0.717) is 22.6 Å². The van der Waals surface area contributed by atoms with Gasteiger partial charge in [0.15, 0.2) is 6.61 Å². The van der Waals surface area contributed by atoms with E-state index in [0.717, 1.165) is 23.6 Å². The van der Waals surface area contributed by atoms with Crippen molar-refractivity contribution in [2.24, 2.45) is 0 Å². The Hall–Kier alpha value is -3.87. The quantitative estimate of drug-likeness (QED) is 0.573. The number of nitrogens with one attached hydrogen (secondary N) is 2. The number of methoxy groups -OCH3 is 1. The molecule has 3 aromatic rings. The van der Waals surface area contributed by atoms with Crippen LogP contribution in [0.5, 0.6) is 5.75 Å². The van der Waals surface area contributed by atoms with Crippen molar-refractivity contribution in [3.05, 3.63) is 71.8 Å². The van der Waals surface area contributed by atoms with Crippen LogP contribution in [0.25, 0.3) is 10.8 Å². The van der Waals surface area contributed by atoms with Gasteiger partial charge in [-0.05, 0) is 53.9 Å². The molecule has 1 saturated carbocycles. The first-order valence-electron chi connectivity index (χ1n) is 9.98. The molecule has 0 heterocycles. The second-order valence-electron chi connectivity index (χ2n) is 7.35. The van der Waals surface area contributed by atoms with Gasteiger partial charge in [-0.3, -0.25) is 9.59 Å². The Morgan fingerprint density at radius 1 is 0.968 bits per heavy atom. The van der Waals surface area contributed by atoms with Gasteiger partial charge in [0.1, 0.15) is 5.75 Å². The maximum atomic E-state index is 13.1. The van der Waals surface area contributed by atoms with Gasteiger partial charge in [0, 0.05) is 11.7 Å². The average Bonchev–Trinajstić information content (AvgIpc) is 3.60. The predicted octanol–water partition coefficient (Wildman–Crippen LogP) is 3.54. The SMILES string of the molecule is COC(=O)c1cccc(NC(=O)c2cc3ccccc3cc2OCC(=O)NC2CC2)c1. The van der Waals surface area contributed by atoms with Gasteiger partial charge in [-0.2, -0.15) is 0 Å². The monoisotopic (exact) mass is 418 g/mol. The van der Waals surface area contributed by atoms with E-state index in [9.17, 15) is 14.4 Å². The Morgan fingerprint density at radius 2 is 1.71 bits per heavy atom. The van der Waals surface area contributed by atoms with E-state index in [-0.39, 0.29) is 18.6 Å². The molecule has 7 heteroatoms. The summed E-state index contributed by atoms with van der Waals surface area (Å²) < 4.78 is 10.5. The van der Waals surface area contributed by atoms with Gasteiger partial charge in [0.2, 0.25) is 0 Å². The fourth-order valence-electron chi connectivity index (χ4n) is 3.20. The first kappa shape index (κ1) is 20.4. The third-order valence-electron chi connectivity index (χ3n) is 4.94. The lowest BCUT2D eigenvalue weighted by Gasteiger charge is -2.14. The van der Waals surface area contributed by atoms with Gasteiger partial charge in [-0.25, -0.2) is 4.79 Å². The minimum Gasteiger partial charge on any atom is -0.483 e. The molecule has 3 aromatic carbocycles. The Kier molecular flexibility index (Phi) is 5.84. The number of carbonyl (C=O) groups is 3. The topological polar surface area (TPSA) is 93.7 Å². The van der Waals surface area contributed by atoms with Crippen LogP contribution in [0.15, 0.2) is 60.7 Å². The van der Waals surface area contributed by atoms with Crippen molar-refractivity contribution < 1.29 is 23.9 Å². The number of fused-ring (bicyclic) bond motifs is 1. The molecule has 0 spiro atoms. The number of carbonyl (C=O) groups excluding carboxylic acids is 3. The van der Waals surface area contributed by atoms with Crippen molar-refractivity contribution in [1.82, 2.24) is 5.32 Å². The molecule has 7 nitrogen and oxygen atoms in total. The molecule has 0 aromatic heterocycles. The van der Waals surface area contributed by atoms with E-state index in [4.69, 9.17) is 9.47 Å². The Morgan fingerprint density at radius 3 is 2.42 bits per heavy atom. The number of hydrogen-bond acceptors (Lipinski definition) is 5. The molecule has 0 atom stereocenters. The molecule has 1 aliphatic carbocycles. The highest BCUT2D eigenvalue weighted by atomic mass is 16.5. The fraction of sp³-hybridized carbons (Fsp3) is 0.208. The maximum Gasteiger partial charge on any atom is 0.337 e. The highest BCUT2D eigenvalue weighted by Gasteiger charge is 2.24. The van der Waals surface area contributed by atoms with Gasteiger partial charge in [-0.15, -0.1) is 0 Å². The third kappa shape index (κ3) is 5.01. The Bertz CT molecular complexity index is 1150. The van der Waals surface area contributed by atoms with Crippen LogP contribution >= 0.6 is 0 Å². The molecular formula is C24H22N2O5. The first-order chi connectivity index (χ1) is 15.0. The second kappa shape index (κ2) is 8.87. The van der Waals surface area contributed by atoms with E-state index in [1.54, 1.807) is 30.3 Å². The summed E-state index contributed by atoms with van der Waals surface area (Å²) in [6.07, 6.45) is 1.97. The van der Waals surface area contributed by atoms with Crippen LogP contribution in [0.3, 0.4) is 0 Å². The average molecular weight is 418 g/mol. The molecule has 31 heavy (non-hydrogen) atoms. The third-order valence-corrected chi connectivity index (χ3v) is 4.94. The van der Waals surface area contributed by atoms with Crippen LogP contribution in [0.2, 0.25) is 0 Å². The minimum absolute atomic E-state index is 0.174. The predicted molar refractivity (Wildman–Crippen MR) is 116 cm³/mol. The zero-order valence-electron chi connectivity index (χ0n) is 17.0. The van der Waals surface area contributed by atoms with E-state index >= 15 is 0 Å². The number of rotatable bonds is 7. The Labute approximate surface area is 179 Å². The summed E-state index contributed by atoms with van der Waals surface area (Å²) in [5.74, 6) is -0.808. The van der Waals surface area contributed by atoms with Crippen molar-refractivity contribution in [3.63, 3.8) is 0 Å². The largest absolute Gasteiger partial charge is 0.483 e. The van der Waals surface area contributed by atoms with E-state index in [2.05, 4.69) is 10.6 Å². The summed E-state index contributed by atoms with van der Waals surface area (Å²) in [6, 6.07) is 17.8. The molecule has 0 unspecified atom stereocenters. The summed E-state index contributed by atoms with van der Waals surface area (Å²) in [6.45, 7) is -0.174. The summed E-state index contributed by atoms with van der Waals surface area (Å²) in [5, 5.41) is 7.41. The molecule has 0 aliphatic heterocycles. The normalized spacial score (nSPS) is 12.8. The Balaban J connectivity index is 1.59. The van der Waals surface area contributed by atoms with Crippen LogP contribution in [-0.2, 0) is 9.53 Å². The number of esters is 1. The van der Waals surface area contributed by atoms with E-state index < -0.39 is 11.9 Å². The van der Waals surface area contributed by atoms with Crippen LogP contribution in [-0.4, -0.2) is 37.5 Å². The highest BCUT2D eigenvalue weighted by Crippen LogP contribution is 2.27. The summed E-state index contributed by atoms with van der Waals surface area (Å²) >= 11 is 0. The first-order valence-corrected chi connectivity index (χ1v) is 9.98. The summed E-state index contributed by atoms with van der Waals surface area (Å²) in [5.41, 5.74) is 1.06. The van der Waals surface area contributed by atoms with Crippen molar-refractivity contribution in [1.29, 1.82) is 0 Å². The smallest absolute Gasteiger partial charge is 0.337 e. The van der Waals surface area contributed by atoms with Gasteiger partial charge in [0.25, 0.3) is 11.8 Å². The number of amides is 2. The summed E-state index contributed by atoms with van der Waals surface area (Å²) in [4.78, 5) is 36.9. The molecule has 2 amide bonds. The van der Waals surface area contributed by atoms with Crippen molar-refractivity contribution in [2.75, 3.05) is 19.0 Å². The van der Waals surface area contributed by atoms with Crippen LogP contribution < -0.4 is 15.4 Å². The number of ether oxygens (including phenoxy) is 2. The van der Waals surface area contributed by atoms with Gasteiger partial charge in [0.05, 0.1) is 18.2 Å². The molecular weight excluding hydrogens is 396 g/mol. The number of hydrogen-bond donors (Lipinski definition) is 2. The number of anilines is 1. The fourth-order valence-corrected chi connectivity index (χ4v) is 3.20. The molecule has 1 fully saturated rings. The second-order valence-corrected chi connectivity index (χ2v) is 7.35.